The molecule has 0 aromatic heterocycles. The van der Waals surface area contributed by atoms with Crippen molar-refractivity contribution < 1.29 is 13.5 Å². The SMILES string of the molecule is CCC1c2ccccc2-c2cc(-c3ccccc3)ccc2N1S(=O)(=O)c1ccc(O)c(C)c1. The molecular formula is C28H25NO3S. The molecule has 0 saturated carbocycles. The molecule has 1 aliphatic heterocycles. The first-order valence-corrected chi connectivity index (χ1v) is 12.5. The van der Waals surface area contributed by atoms with Gasteiger partial charge in [-0.05, 0) is 71.5 Å². The van der Waals surface area contributed by atoms with Gasteiger partial charge in [-0.25, -0.2) is 8.42 Å². The first kappa shape index (κ1) is 21.3. The lowest BCUT2D eigenvalue weighted by Crippen LogP contribution is -2.37. The fraction of sp³-hybridized carbons (Fsp3) is 0.143. The topological polar surface area (TPSA) is 57.6 Å². The lowest BCUT2D eigenvalue weighted by atomic mass is 9.87. The highest BCUT2D eigenvalue weighted by Gasteiger charge is 2.38. The normalized spacial score (nSPS) is 15.1. The molecule has 0 amide bonds. The van der Waals surface area contributed by atoms with E-state index in [9.17, 15) is 13.5 Å². The molecule has 166 valence electrons. The van der Waals surface area contributed by atoms with Gasteiger partial charge in [0.05, 0.1) is 16.6 Å². The van der Waals surface area contributed by atoms with Crippen LogP contribution in [-0.2, 0) is 10.0 Å². The Bertz CT molecular complexity index is 1450. The third-order valence-electron chi connectivity index (χ3n) is 6.35. The van der Waals surface area contributed by atoms with Crippen LogP contribution in [0.1, 0.15) is 30.5 Å². The Morgan fingerprint density at radius 3 is 2.27 bits per heavy atom. The monoisotopic (exact) mass is 455 g/mol. The van der Waals surface area contributed by atoms with Crippen LogP contribution in [0.4, 0.5) is 5.69 Å². The summed E-state index contributed by atoms with van der Waals surface area (Å²) in [5.74, 6) is 0.0814. The highest BCUT2D eigenvalue weighted by Crippen LogP contribution is 2.49. The molecule has 0 radical (unpaired) electrons. The minimum atomic E-state index is -3.87. The second-order valence-corrected chi connectivity index (χ2v) is 10.2. The van der Waals surface area contributed by atoms with Gasteiger partial charge in [-0.15, -0.1) is 0 Å². The molecule has 4 aromatic rings. The van der Waals surface area contributed by atoms with Crippen LogP contribution in [0.15, 0.2) is 95.9 Å². The van der Waals surface area contributed by atoms with Crippen molar-refractivity contribution in [3.63, 3.8) is 0 Å². The number of nitrogens with zero attached hydrogens (tertiary/aromatic N) is 1. The maximum absolute atomic E-state index is 14.0. The molecule has 1 unspecified atom stereocenters. The van der Waals surface area contributed by atoms with Crippen LogP contribution in [0.3, 0.4) is 0 Å². The Balaban J connectivity index is 1.75. The molecule has 5 heteroatoms. The summed E-state index contributed by atoms with van der Waals surface area (Å²) >= 11 is 0. The number of aromatic hydroxyl groups is 1. The second-order valence-electron chi connectivity index (χ2n) is 8.36. The van der Waals surface area contributed by atoms with Crippen molar-refractivity contribution >= 4 is 15.7 Å². The van der Waals surface area contributed by atoms with Crippen LogP contribution in [0.2, 0.25) is 0 Å². The van der Waals surface area contributed by atoms with Gasteiger partial charge in [0.2, 0.25) is 0 Å². The minimum Gasteiger partial charge on any atom is -0.508 e. The van der Waals surface area contributed by atoms with Crippen LogP contribution < -0.4 is 4.31 Å². The molecule has 0 bridgehead atoms. The largest absolute Gasteiger partial charge is 0.508 e. The molecule has 0 fully saturated rings. The van der Waals surface area contributed by atoms with E-state index in [-0.39, 0.29) is 16.7 Å². The number of sulfonamides is 1. The summed E-state index contributed by atoms with van der Waals surface area (Å²) in [7, 11) is -3.87. The summed E-state index contributed by atoms with van der Waals surface area (Å²) in [4.78, 5) is 0.175. The third kappa shape index (κ3) is 3.49. The molecule has 1 N–H and O–H groups in total. The molecule has 0 saturated heterocycles. The summed E-state index contributed by atoms with van der Waals surface area (Å²) in [6, 6.07) is 28.3. The van der Waals surface area contributed by atoms with E-state index in [0.717, 1.165) is 27.8 Å². The van der Waals surface area contributed by atoms with E-state index >= 15 is 0 Å². The molecule has 1 aliphatic rings. The van der Waals surface area contributed by atoms with E-state index in [4.69, 9.17) is 0 Å². The van der Waals surface area contributed by atoms with Gasteiger partial charge in [-0.3, -0.25) is 4.31 Å². The first-order valence-electron chi connectivity index (χ1n) is 11.0. The van der Waals surface area contributed by atoms with E-state index in [1.54, 1.807) is 11.2 Å². The smallest absolute Gasteiger partial charge is 0.264 e. The van der Waals surface area contributed by atoms with E-state index < -0.39 is 10.0 Å². The number of aryl methyl sites for hydroxylation is 1. The first-order chi connectivity index (χ1) is 15.9. The van der Waals surface area contributed by atoms with Gasteiger partial charge in [-0.2, -0.15) is 0 Å². The zero-order valence-corrected chi connectivity index (χ0v) is 19.4. The van der Waals surface area contributed by atoms with Crippen LogP contribution >= 0.6 is 0 Å². The average Bonchev–Trinajstić information content (AvgIpc) is 2.84. The lowest BCUT2D eigenvalue weighted by molar-refractivity contribution is 0.470. The molecular weight excluding hydrogens is 430 g/mol. The van der Waals surface area contributed by atoms with Gasteiger partial charge in [0.25, 0.3) is 10.0 Å². The Kier molecular flexibility index (Phi) is 5.22. The average molecular weight is 456 g/mol. The van der Waals surface area contributed by atoms with E-state index in [0.29, 0.717) is 17.7 Å². The Labute approximate surface area is 194 Å². The van der Waals surface area contributed by atoms with Crippen molar-refractivity contribution in [2.75, 3.05) is 4.31 Å². The number of rotatable bonds is 4. The van der Waals surface area contributed by atoms with Crippen molar-refractivity contribution in [3.05, 3.63) is 102 Å². The molecule has 5 rings (SSSR count). The van der Waals surface area contributed by atoms with Gasteiger partial charge in [-0.1, -0.05) is 67.6 Å². The summed E-state index contributed by atoms with van der Waals surface area (Å²) in [6.07, 6.45) is 0.632. The molecule has 33 heavy (non-hydrogen) atoms. The maximum Gasteiger partial charge on any atom is 0.264 e. The Morgan fingerprint density at radius 2 is 1.55 bits per heavy atom. The van der Waals surface area contributed by atoms with Crippen LogP contribution in [0.25, 0.3) is 22.3 Å². The number of anilines is 1. The number of hydrogen-bond donors (Lipinski definition) is 1. The van der Waals surface area contributed by atoms with Gasteiger partial charge in [0.15, 0.2) is 0 Å². The standard InChI is InChI=1S/C28H25NO3S/c1-3-26-24-12-8-7-11-23(24)25-18-21(20-9-5-4-6-10-20)13-15-27(25)29(26)33(31,32)22-14-16-28(30)19(2)17-22/h4-18,26,30H,3H2,1-2H3. The summed E-state index contributed by atoms with van der Waals surface area (Å²) in [5, 5.41) is 9.94. The lowest BCUT2D eigenvalue weighted by Gasteiger charge is -2.39. The predicted molar refractivity (Wildman–Crippen MR) is 133 cm³/mol. The van der Waals surface area contributed by atoms with Crippen LogP contribution in [-0.4, -0.2) is 13.5 Å². The minimum absolute atomic E-state index is 0.0814. The number of phenols is 1. The van der Waals surface area contributed by atoms with E-state index in [2.05, 4.69) is 24.3 Å². The second kappa shape index (κ2) is 8.09. The Morgan fingerprint density at radius 1 is 0.818 bits per heavy atom. The van der Waals surface area contributed by atoms with Crippen molar-refractivity contribution in [2.45, 2.75) is 31.2 Å². The molecule has 4 aromatic carbocycles. The molecule has 1 heterocycles. The number of phenolic OH excluding ortho intramolecular Hbond substituents is 1. The number of benzene rings is 4. The van der Waals surface area contributed by atoms with Gasteiger partial charge >= 0.3 is 0 Å². The van der Waals surface area contributed by atoms with Crippen LogP contribution in [0, 0.1) is 6.92 Å². The summed E-state index contributed by atoms with van der Waals surface area (Å²) in [5.41, 5.74) is 6.28. The van der Waals surface area contributed by atoms with E-state index in [1.165, 1.54) is 18.2 Å². The van der Waals surface area contributed by atoms with Crippen LogP contribution in [0.5, 0.6) is 5.75 Å². The zero-order chi connectivity index (χ0) is 23.2. The zero-order valence-electron chi connectivity index (χ0n) is 18.6. The molecule has 4 nitrogen and oxygen atoms in total. The van der Waals surface area contributed by atoms with Crippen molar-refractivity contribution in [2.24, 2.45) is 0 Å². The highest BCUT2D eigenvalue weighted by atomic mass is 32.2. The molecule has 0 spiro atoms. The van der Waals surface area contributed by atoms with Gasteiger partial charge in [0.1, 0.15) is 5.75 Å². The Hall–Kier alpha value is -3.57. The van der Waals surface area contributed by atoms with Gasteiger partial charge < -0.3 is 5.11 Å². The van der Waals surface area contributed by atoms with Crippen molar-refractivity contribution in [3.8, 4) is 28.0 Å². The molecule has 1 atom stereocenters. The van der Waals surface area contributed by atoms with E-state index in [1.807, 2.05) is 55.5 Å². The number of hydrogen-bond acceptors (Lipinski definition) is 3. The predicted octanol–water partition coefficient (Wildman–Crippen LogP) is 6.69. The third-order valence-corrected chi connectivity index (χ3v) is 8.16. The van der Waals surface area contributed by atoms with Crippen molar-refractivity contribution in [1.82, 2.24) is 0 Å². The van der Waals surface area contributed by atoms with Crippen molar-refractivity contribution in [1.29, 1.82) is 0 Å². The van der Waals surface area contributed by atoms with Gasteiger partial charge in [0, 0.05) is 5.56 Å². The maximum atomic E-state index is 14.0. The molecule has 0 aliphatic carbocycles. The highest BCUT2D eigenvalue weighted by molar-refractivity contribution is 7.92. The fourth-order valence-corrected chi connectivity index (χ4v) is 6.47. The number of fused-ring (bicyclic) bond motifs is 3. The summed E-state index contributed by atoms with van der Waals surface area (Å²) < 4.78 is 29.5. The summed E-state index contributed by atoms with van der Waals surface area (Å²) in [6.45, 7) is 3.71. The quantitative estimate of drug-likeness (QED) is 0.373. The fourth-order valence-electron chi connectivity index (χ4n) is 4.67.